The highest BCUT2D eigenvalue weighted by atomic mass is 19.4. The van der Waals surface area contributed by atoms with Gasteiger partial charge in [-0.25, -0.2) is 4.79 Å². The Kier molecular flexibility index (Phi) is 2.73. The Morgan fingerprint density at radius 1 is 1.24 bits per heavy atom. The number of rotatable bonds is 1. The molecule has 2 unspecified atom stereocenters. The third-order valence-electron chi connectivity index (χ3n) is 2.60. The van der Waals surface area contributed by atoms with Crippen LogP contribution in [-0.2, 0) is 10.9 Å². The number of nitrogens with one attached hydrogen (secondary N) is 1. The normalized spacial score (nSPS) is 24.4. The lowest BCUT2D eigenvalue weighted by atomic mass is 10.0. The zero-order valence-corrected chi connectivity index (χ0v) is 8.91. The number of benzene rings is 1. The molecule has 2 rings (SSSR count). The van der Waals surface area contributed by atoms with Crippen molar-refractivity contribution < 1.29 is 22.7 Å². The molecular formula is C11H10F3NO2. The van der Waals surface area contributed by atoms with Gasteiger partial charge in [0.15, 0.2) is 0 Å². The number of carbonyl (C=O) groups excluding carboxylic acids is 1. The first-order chi connectivity index (χ1) is 7.88. The van der Waals surface area contributed by atoms with Gasteiger partial charge in [0.25, 0.3) is 0 Å². The van der Waals surface area contributed by atoms with Gasteiger partial charge < -0.3 is 10.1 Å². The maximum atomic E-state index is 12.3. The largest absolute Gasteiger partial charge is 0.439 e. The van der Waals surface area contributed by atoms with Gasteiger partial charge in [0.1, 0.15) is 6.10 Å². The fraction of sp³-hybridized carbons (Fsp3) is 0.364. The number of alkyl carbamates (subject to hydrolysis) is 1. The molecule has 1 amide bonds. The molecule has 0 aromatic heterocycles. The third kappa shape index (κ3) is 2.35. The van der Waals surface area contributed by atoms with Crippen LogP contribution >= 0.6 is 0 Å². The third-order valence-corrected chi connectivity index (χ3v) is 2.60. The number of hydrogen-bond acceptors (Lipinski definition) is 2. The molecule has 0 saturated carbocycles. The Balaban J connectivity index is 2.21. The summed E-state index contributed by atoms with van der Waals surface area (Å²) < 4.78 is 42.0. The van der Waals surface area contributed by atoms with Crippen LogP contribution in [0.2, 0.25) is 0 Å². The van der Waals surface area contributed by atoms with Crippen molar-refractivity contribution in [3.8, 4) is 0 Å². The van der Waals surface area contributed by atoms with E-state index in [1.165, 1.54) is 12.1 Å². The second-order valence-corrected chi connectivity index (χ2v) is 3.88. The van der Waals surface area contributed by atoms with Crippen molar-refractivity contribution in [1.29, 1.82) is 0 Å². The fourth-order valence-electron chi connectivity index (χ4n) is 1.73. The lowest BCUT2D eigenvalue weighted by Gasteiger charge is -2.14. The van der Waals surface area contributed by atoms with E-state index < -0.39 is 23.9 Å². The summed E-state index contributed by atoms with van der Waals surface area (Å²) in [6, 6.07) is 4.36. The van der Waals surface area contributed by atoms with Crippen LogP contribution in [0.1, 0.15) is 24.2 Å². The summed E-state index contributed by atoms with van der Waals surface area (Å²) in [5.41, 5.74) is -0.171. The molecule has 1 saturated heterocycles. The molecular weight excluding hydrogens is 235 g/mol. The van der Waals surface area contributed by atoms with Crippen LogP contribution in [0, 0.1) is 0 Å². The second-order valence-electron chi connectivity index (χ2n) is 3.88. The summed E-state index contributed by atoms with van der Waals surface area (Å²) in [7, 11) is 0. The number of cyclic esters (lactones) is 1. The average Bonchev–Trinajstić information content (AvgIpc) is 2.57. The number of halogens is 3. The van der Waals surface area contributed by atoms with Crippen molar-refractivity contribution in [2.24, 2.45) is 0 Å². The highest BCUT2D eigenvalue weighted by Crippen LogP contribution is 2.32. The quantitative estimate of drug-likeness (QED) is 0.826. The molecule has 3 nitrogen and oxygen atoms in total. The van der Waals surface area contributed by atoms with Crippen molar-refractivity contribution >= 4 is 6.09 Å². The van der Waals surface area contributed by atoms with Crippen LogP contribution < -0.4 is 5.32 Å². The number of ether oxygens (including phenoxy) is 1. The van der Waals surface area contributed by atoms with E-state index in [1.807, 2.05) is 0 Å². The van der Waals surface area contributed by atoms with E-state index in [-0.39, 0.29) is 6.04 Å². The summed E-state index contributed by atoms with van der Waals surface area (Å²) >= 11 is 0. The Bertz CT molecular complexity index is 427. The van der Waals surface area contributed by atoms with Gasteiger partial charge in [0.2, 0.25) is 0 Å². The van der Waals surface area contributed by atoms with E-state index >= 15 is 0 Å². The highest BCUT2D eigenvalue weighted by Gasteiger charge is 2.33. The number of alkyl halides is 3. The van der Waals surface area contributed by atoms with Crippen molar-refractivity contribution in [1.82, 2.24) is 5.32 Å². The van der Waals surface area contributed by atoms with Crippen LogP contribution in [0.4, 0.5) is 18.0 Å². The molecule has 2 atom stereocenters. The molecule has 1 aliphatic heterocycles. The molecule has 6 heteroatoms. The van der Waals surface area contributed by atoms with Crippen LogP contribution in [0.25, 0.3) is 0 Å². The lowest BCUT2D eigenvalue weighted by molar-refractivity contribution is -0.137. The van der Waals surface area contributed by atoms with E-state index in [0.717, 1.165) is 12.1 Å². The fourth-order valence-corrected chi connectivity index (χ4v) is 1.73. The smallest absolute Gasteiger partial charge is 0.416 e. The van der Waals surface area contributed by atoms with E-state index in [9.17, 15) is 18.0 Å². The predicted molar refractivity (Wildman–Crippen MR) is 53.3 cm³/mol. The minimum absolute atomic E-state index is 0.251. The molecule has 0 radical (unpaired) electrons. The molecule has 0 aliphatic carbocycles. The summed E-state index contributed by atoms with van der Waals surface area (Å²) in [6.07, 6.45) is -5.44. The number of amides is 1. The predicted octanol–water partition coefficient (Wildman–Crippen LogP) is 2.87. The zero-order chi connectivity index (χ0) is 12.6. The Hall–Kier alpha value is -1.72. The van der Waals surface area contributed by atoms with Crippen molar-refractivity contribution in [3.63, 3.8) is 0 Å². The standard InChI is InChI=1S/C11H10F3NO2/c1-6-9(17-10(16)15-6)7-2-4-8(5-3-7)11(12,13)14/h2-6,9H,1H3,(H,15,16). The Morgan fingerprint density at radius 3 is 2.24 bits per heavy atom. The average molecular weight is 245 g/mol. The molecule has 0 bridgehead atoms. The van der Waals surface area contributed by atoms with Gasteiger partial charge in [0, 0.05) is 0 Å². The first-order valence-electron chi connectivity index (χ1n) is 5.02. The molecule has 1 aromatic rings. The molecule has 92 valence electrons. The topological polar surface area (TPSA) is 38.3 Å². The summed E-state index contributed by atoms with van der Waals surface area (Å²) in [5.74, 6) is 0. The lowest BCUT2D eigenvalue weighted by Crippen LogP contribution is -2.23. The molecule has 17 heavy (non-hydrogen) atoms. The van der Waals surface area contributed by atoms with Crippen LogP contribution in [0.3, 0.4) is 0 Å². The van der Waals surface area contributed by atoms with Crippen molar-refractivity contribution in [3.05, 3.63) is 35.4 Å². The first-order valence-corrected chi connectivity index (χ1v) is 5.02. The number of carbonyl (C=O) groups is 1. The summed E-state index contributed by atoms with van der Waals surface area (Å²) in [4.78, 5) is 11.0. The Labute approximate surface area is 95.6 Å². The van der Waals surface area contributed by atoms with E-state index in [1.54, 1.807) is 6.92 Å². The first kappa shape index (κ1) is 11.8. The van der Waals surface area contributed by atoms with Gasteiger partial charge in [-0.2, -0.15) is 13.2 Å². The van der Waals surface area contributed by atoms with Gasteiger partial charge in [-0.1, -0.05) is 12.1 Å². The van der Waals surface area contributed by atoms with Crippen LogP contribution in [0.15, 0.2) is 24.3 Å². The van der Waals surface area contributed by atoms with Gasteiger partial charge in [-0.3, -0.25) is 0 Å². The van der Waals surface area contributed by atoms with E-state index in [2.05, 4.69) is 5.32 Å². The molecule has 1 fully saturated rings. The minimum atomic E-state index is -4.35. The molecule has 1 heterocycles. The molecule has 1 aromatic carbocycles. The van der Waals surface area contributed by atoms with Crippen molar-refractivity contribution in [2.45, 2.75) is 25.2 Å². The summed E-state index contributed by atoms with van der Waals surface area (Å²) in [5, 5.41) is 2.53. The minimum Gasteiger partial charge on any atom is -0.439 e. The van der Waals surface area contributed by atoms with Crippen LogP contribution in [-0.4, -0.2) is 12.1 Å². The zero-order valence-electron chi connectivity index (χ0n) is 8.91. The van der Waals surface area contributed by atoms with E-state index in [0.29, 0.717) is 5.56 Å². The maximum absolute atomic E-state index is 12.3. The second kappa shape index (κ2) is 3.94. The van der Waals surface area contributed by atoms with Gasteiger partial charge >= 0.3 is 12.3 Å². The highest BCUT2D eigenvalue weighted by molar-refractivity contribution is 5.70. The van der Waals surface area contributed by atoms with Crippen LogP contribution in [0.5, 0.6) is 0 Å². The Morgan fingerprint density at radius 2 is 1.82 bits per heavy atom. The van der Waals surface area contributed by atoms with Gasteiger partial charge in [-0.15, -0.1) is 0 Å². The molecule has 1 N–H and O–H groups in total. The molecule has 1 aliphatic rings. The van der Waals surface area contributed by atoms with Gasteiger partial charge in [-0.05, 0) is 24.6 Å². The molecule has 0 spiro atoms. The monoisotopic (exact) mass is 245 g/mol. The number of hydrogen-bond donors (Lipinski definition) is 1. The van der Waals surface area contributed by atoms with E-state index in [4.69, 9.17) is 4.74 Å². The van der Waals surface area contributed by atoms with Crippen molar-refractivity contribution in [2.75, 3.05) is 0 Å². The summed E-state index contributed by atoms with van der Waals surface area (Å²) in [6.45, 7) is 1.73. The maximum Gasteiger partial charge on any atom is 0.416 e. The SMILES string of the molecule is CC1NC(=O)OC1c1ccc(C(F)(F)F)cc1. The van der Waals surface area contributed by atoms with Gasteiger partial charge in [0.05, 0.1) is 11.6 Å².